The number of rotatable bonds is 2. The second kappa shape index (κ2) is 5.53. The number of nitrogens with one attached hydrogen (secondary N) is 1. The zero-order valence-electron chi connectivity index (χ0n) is 11.7. The summed E-state index contributed by atoms with van der Waals surface area (Å²) in [6, 6.07) is 11.5. The lowest BCUT2D eigenvalue weighted by atomic mass is 10.0. The van der Waals surface area contributed by atoms with Gasteiger partial charge in [-0.1, -0.05) is 26.0 Å². The second-order valence-electron chi connectivity index (χ2n) is 5.30. The minimum Gasteiger partial charge on any atom is -0.330 e. The number of fused-ring (bicyclic) bond motifs is 1. The Balaban J connectivity index is 2.22. The van der Waals surface area contributed by atoms with Gasteiger partial charge in [0.15, 0.2) is 4.77 Å². The van der Waals surface area contributed by atoms with Crippen molar-refractivity contribution in [2.24, 2.45) is 0 Å². The number of hydrogen-bond acceptors (Lipinski definition) is 1. The molecule has 0 saturated carbocycles. The first kappa shape index (κ1) is 14.7. The molecule has 108 valence electrons. The number of halogens is 2. The van der Waals surface area contributed by atoms with Gasteiger partial charge in [-0.3, -0.25) is 4.57 Å². The van der Waals surface area contributed by atoms with Crippen LogP contribution >= 0.6 is 34.8 Å². The summed E-state index contributed by atoms with van der Waals surface area (Å²) in [5.41, 5.74) is 3.82. The number of aromatic nitrogens is 2. The van der Waals surface area contributed by atoms with Gasteiger partial charge in [-0.05, 0) is 64.5 Å². The zero-order chi connectivity index (χ0) is 15.1. The molecular formula is C16H14FIN2S. The fourth-order valence-electron chi connectivity index (χ4n) is 2.37. The molecule has 0 fully saturated rings. The van der Waals surface area contributed by atoms with E-state index in [1.165, 1.54) is 11.6 Å². The first-order valence-electron chi connectivity index (χ1n) is 6.67. The van der Waals surface area contributed by atoms with Crippen LogP contribution in [0.4, 0.5) is 4.39 Å². The van der Waals surface area contributed by atoms with Crippen molar-refractivity contribution in [3.8, 4) is 5.69 Å². The summed E-state index contributed by atoms with van der Waals surface area (Å²) in [7, 11) is 0. The number of benzene rings is 2. The largest absolute Gasteiger partial charge is 0.330 e. The number of nitrogens with zero attached hydrogens (tertiary/aromatic N) is 1. The van der Waals surface area contributed by atoms with Crippen LogP contribution in [-0.2, 0) is 0 Å². The van der Waals surface area contributed by atoms with Gasteiger partial charge in [-0.25, -0.2) is 4.39 Å². The van der Waals surface area contributed by atoms with Crippen molar-refractivity contribution in [1.82, 2.24) is 9.55 Å². The van der Waals surface area contributed by atoms with Crippen molar-refractivity contribution in [1.29, 1.82) is 0 Å². The molecule has 0 unspecified atom stereocenters. The molecule has 5 heteroatoms. The van der Waals surface area contributed by atoms with Gasteiger partial charge in [0.25, 0.3) is 0 Å². The van der Waals surface area contributed by atoms with E-state index in [9.17, 15) is 4.39 Å². The molecule has 3 aromatic rings. The number of imidazole rings is 1. The molecule has 0 bridgehead atoms. The Hall–Kier alpha value is -1.21. The molecule has 0 aliphatic rings. The lowest BCUT2D eigenvalue weighted by Crippen LogP contribution is -1.96. The molecule has 0 radical (unpaired) electrons. The Labute approximate surface area is 141 Å². The molecule has 21 heavy (non-hydrogen) atoms. The quantitative estimate of drug-likeness (QED) is 0.432. The fraction of sp³-hybridized carbons (Fsp3) is 0.188. The van der Waals surface area contributed by atoms with Gasteiger partial charge in [0.2, 0.25) is 0 Å². The molecular weight excluding hydrogens is 398 g/mol. The highest BCUT2D eigenvalue weighted by molar-refractivity contribution is 14.1. The maximum atomic E-state index is 13.9. The van der Waals surface area contributed by atoms with Gasteiger partial charge in [-0.15, -0.1) is 0 Å². The second-order valence-corrected chi connectivity index (χ2v) is 6.84. The fourth-order valence-corrected chi connectivity index (χ4v) is 3.15. The summed E-state index contributed by atoms with van der Waals surface area (Å²) in [4.78, 5) is 3.14. The van der Waals surface area contributed by atoms with Crippen molar-refractivity contribution >= 4 is 45.8 Å². The number of H-pyrrole nitrogens is 1. The zero-order valence-corrected chi connectivity index (χ0v) is 14.6. The Kier molecular flexibility index (Phi) is 3.88. The first-order valence-corrected chi connectivity index (χ1v) is 8.16. The minimum absolute atomic E-state index is 0.232. The van der Waals surface area contributed by atoms with Crippen LogP contribution in [0.3, 0.4) is 0 Å². The lowest BCUT2D eigenvalue weighted by Gasteiger charge is -2.08. The van der Waals surface area contributed by atoms with E-state index in [0.29, 0.717) is 14.3 Å². The Morgan fingerprint density at radius 2 is 1.86 bits per heavy atom. The highest BCUT2D eigenvalue weighted by Gasteiger charge is 2.10. The third-order valence-corrected chi connectivity index (χ3v) is 4.65. The van der Waals surface area contributed by atoms with Gasteiger partial charge in [-0.2, -0.15) is 0 Å². The molecule has 1 N–H and O–H groups in total. The molecule has 0 saturated heterocycles. The van der Waals surface area contributed by atoms with E-state index in [-0.39, 0.29) is 5.82 Å². The monoisotopic (exact) mass is 412 g/mol. The molecule has 2 nitrogen and oxygen atoms in total. The van der Waals surface area contributed by atoms with E-state index < -0.39 is 0 Å². The molecule has 0 spiro atoms. The predicted molar refractivity (Wildman–Crippen MR) is 95.2 cm³/mol. The SMILES string of the molecule is CC(C)c1ccc(-n2c(=S)[nH]c3cc(I)c(F)cc32)cc1. The third-order valence-electron chi connectivity index (χ3n) is 3.54. The van der Waals surface area contributed by atoms with Crippen molar-refractivity contribution < 1.29 is 4.39 Å². The van der Waals surface area contributed by atoms with Crippen molar-refractivity contribution in [3.05, 3.63) is 56.1 Å². The van der Waals surface area contributed by atoms with Crippen LogP contribution in [0.5, 0.6) is 0 Å². The van der Waals surface area contributed by atoms with E-state index in [4.69, 9.17) is 12.2 Å². The summed E-state index contributed by atoms with van der Waals surface area (Å²) >= 11 is 7.37. The average Bonchev–Trinajstić information content (AvgIpc) is 2.75. The van der Waals surface area contributed by atoms with E-state index in [2.05, 4.69) is 31.0 Å². The van der Waals surface area contributed by atoms with Crippen molar-refractivity contribution in [2.75, 3.05) is 0 Å². The Bertz CT molecular complexity index is 862. The van der Waals surface area contributed by atoms with Crippen LogP contribution in [-0.4, -0.2) is 9.55 Å². The van der Waals surface area contributed by atoms with E-state index in [0.717, 1.165) is 16.7 Å². The van der Waals surface area contributed by atoms with Gasteiger partial charge in [0, 0.05) is 11.8 Å². The van der Waals surface area contributed by atoms with Crippen molar-refractivity contribution in [2.45, 2.75) is 19.8 Å². The third kappa shape index (κ3) is 2.64. The maximum absolute atomic E-state index is 13.9. The Morgan fingerprint density at radius 1 is 1.19 bits per heavy atom. The number of aromatic amines is 1. The van der Waals surface area contributed by atoms with Crippen LogP contribution in [0, 0.1) is 14.2 Å². The lowest BCUT2D eigenvalue weighted by molar-refractivity contribution is 0.622. The van der Waals surface area contributed by atoms with Gasteiger partial charge < -0.3 is 4.98 Å². The molecule has 0 aliphatic carbocycles. The van der Waals surface area contributed by atoms with Crippen LogP contribution in [0.2, 0.25) is 0 Å². The van der Waals surface area contributed by atoms with Gasteiger partial charge in [0.05, 0.1) is 14.6 Å². The molecule has 0 atom stereocenters. The van der Waals surface area contributed by atoms with Crippen molar-refractivity contribution in [3.63, 3.8) is 0 Å². The highest BCUT2D eigenvalue weighted by atomic mass is 127. The molecule has 3 rings (SSSR count). The molecule has 1 aromatic heterocycles. The van der Waals surface area contributed by atoms with Gasteiger partial charge in [0.1, 0.15) is 5.82 Å². The molecule has 0 amide bonds. The normalized spacial score (nSPS) is 11.5. The molecule has 1 heterocycles. The van der Waals surface area contributed by atoms with Crippen LogP contribution in [0.25, 0.3) is 16.7 Å². The topological polar surface area (TPSA) is 20.7 Å². The first-order chi connectivity index (χ1) is 9.97. The maximum Gasteiger partial charge on any atom is 0.182 e. The summed E-state index contributed by atoms with van der Waals surface area (Å²) in [6.07, 6.45) is 0. The van der Waals surface area contributed by atoms with E-state index in [1.807, 2.05) is 39.3 Å². The standard InChI is InChI=1S/C16H14FIN2S/c1-9(2)10-3-5-11(6-4-10)20-15-7-12(17)13(18)8-14(15)19-16(20)21/h3-9H,1-2H3,(H,19,21). The predicted octanol–water partition coefficient (Wildman–Crippen LogP) is 5.56. The van der Waals surface area contributed by atoms with Crippen LogP contribution in [0.1, 0.15) is 25.3 Å². The van der Waals surface area contributed by atoms with E-state index in [1.54, 1.807) is 6.07 Å². The van der Waals surface area contributed by atoms with Crippen LogP contribution < -0.4 is 0 Å². The highest BCUT2D eigenvalue weighted by Crippen LogP contribution is 2.24. The number of hydrogen-bond donors (Lipinski definition) is 1. The van der Waals surface area contributed by atoms with Gasteiger partial charge >= 0.3 is 0 Å². The summed E-state index contributed by atoms with van der Waals surface area (Å²) in [5, 5.41) is 0. The Morgan fingerprint density at radius 3 is 2.48 bits per heavy atom. The van der Waals surface area contributed by atoms with E-state index >= 15 is 0 Å². The molecule has 0 aliphatic heterocycles. The van der Waals surface area contributed by atoms with Crippen LogP contribution in [0.15, 0.2) is 36.4 Å². The molecule has 2 aromatic carbocycles. The summed E-state index contributed by atoms with van der Waals surface area (Å²) in [5.74, 6) is 0.249. The summed E-state index contributed by atoms with van der Waals surface area (Å²) in [6.45, 7) is 4.31. The average molecular weight is 412 g/mol. The summed E-state index contributed by atoms with van der Waals surface area (Å²) < 4.78 is 16.9. The minimum atomic E-state index is -0.232. The smallest absolute Gasteiger partial charge is 0.182 e.